The minimum atomic E-state index is 0.708. The summed E-state index contributed by atoms with van der Waals surface area (Å²) in [6, 6.07) is 0.708. The summed E-state index contributed by atoms with van der Waals surface area (Å²) in [5.41, 5.74) is 0. The molecule has 0 aromatic heterocycles. The summed E-state index contributed by atoms with van der Waals surface area (Å²) in [6.45, 7) is 12.6. The highest BCUT2D eigenvalue weighted by Gasteiger charge is 2.17. The van der Waals surface area contributed by atoms with Crippen LogP contribution in [0.15, 0.2) is 0 Å². The fraction of sp³-hybridized carbons (Fsp3) is 1.00. The fourth-order valence-corrected chi connectivity index (χ4v) is 1.25. The molecule has 1 nitrogen and oxygen atoms in total. The summed E-state index contributed by atoms with van der Waals surface area (Å²) in [6.07, 6.45) is 0. The Morgan fingerprint density at radius 2 is 1.55 bits per heavy atom. The van der Waals surface area contributed by atoms with Crippen molar-refractivity contribution in [2.45, 2.75) is 40.7 Å². The molecule has 0 saturated carbocycles. The van der Waals surface area contributed by atoms with Crippen LogP contribution in [-0.4, -0.2) is 24.5 Å². The van der Waals surface area contributed by atoms with E-state index >= 15 is 0 Å². The SMILES string of the molecule is CCN(C)C(C)C(C)C(C)C. The summed E-state index contributed by atoms with van der Waals surface area (Å²) in [7, 11) is 2.20. The van der Waals surface area contributed by atoms with E-state index < -0.39 is 0 Å². The van der Waals surface area contributed by atoms with Crippen LogP contribution in [0.4, 0.5) is 0 Å². The van der Waals surface area contributed by atoms with Crippen LogP contribution in [-0.2, 0) is 0 Å². The van der Waals surface area contributed by atoms with Gasteiger partial charge in [0.05, 0.1) is 0 Å². The zero-order chi connectivity index (χ0) is 9.02. The van der Waals surface area contributed by atoms with Gasteiger partial charge in [-0.1, -0.05) is 27.7 Å². The third-order valence-electron chi connectivity index (χ3n) is 3.01. The van der Waals surface area contributed by atoms with Crippen molar-refractivity contribution in [1.82, 2.24) is 4.90 Å². The van der Waals surface area contributed by atoms with E-state index in [9.17, 15) is 0 Å². The zero-order valence-corrected chi connectivity index (χ0v) is 8.89. The number of hydrogen-bond donors (Lipinski definition) is 0. The van der Waals surface area contributed by atoms with Gasteiger partial charge in [0.1, 0.15) is 0 Å². The fourth-order valence-electron chi connectivity index (χ4n) is 1.25. The largest absolute Gasteiger partial charge is 0.304 e. The van der Waals surface area contributed by atoms with Gasteiger partial charge in [0.15, 0.2) is 0 Å². The predicted molar refractivity (Wildman–Crippen MR) is 51.8 cm³/mol. The molecule has 0 aliphatic rings. The van der Waals surface area contributed by atoms with Gasteiger partial charge in [0, 0.05) is 6.04 Å². The summed E-state index contributed by atoms with van der Waals surface area (Å²) in [5.74, 6) is 1.58. The first-order valence-electron chi connectivity index (χ1n) is 4.70. The van der Waals surface area contributed by atoms with Crippen molar-refractivity contribution < 1.29 is 0 Å². The van der Waals surface area contributed by atoms with Gasteiger partial charge in [-0.3, -0.25) is 0 Å². The Morgan fingerprint density at radius 1 is 1.09 bits per heavy atom. The Kier molecular flexibility index (Phi) is 4.74. The molecule has 0 rings (SSSR count). The Labute approximate surface area is 71.8 Å². The topological polar surface area (TPSA) is 3.24 Å². The van der Waals surface area contributed by atoms with E-state index in [2.05, 4.69) is 46.6 Å². The second-order valence-electron chi connectivity index (χ2n) is 3.92. The van der Waals surface area contributed by atoms with Gasteiger partial charge < -0.3 is 4.90 Å². The van der Waals surface area contributed by atoms with Crippen LogP contribution in [0, 0.1) is 11.8 Å². The van der Waals surface area contributed by atoms with Crippen LogP contribution in [0.3, 0.4) is 0 Å². The van der Waals surface area contributed by atoms with Gasteiger partial charge in [-0.05, 0) is 32.4 Å². The molecular weight excluding hydrogens is 134 g/mol. The Morgan fingerprint density at radius 3 is 1.82 bits per heavy atom. The van der Waals surface area contributed by atoms with Crippen molar-refractivity contribution in [2.24, 2.45) is 11.8 Å². The molecule has 0 saturated heterocycles. The van der Waals surface area contributed by atoms with Crippen LogP contribution in [0.25, 0.3) is 0 Å². The lowest BCUT2D eigenvalue weighted by atomic mass is 9.91. The molecule has 1 heteroatoms. The highest BCUT2D eigenvalue weighted by molar-refractivity contribution is 4.71. The molecule has 0 aromatic carbocycles. The third-order valence-corrected chi connectivity index (χ3v) is 3.01. The lowest BCUT2D eigenvalue weighted by Gasteiger charge is -2.31. The van der Waals surface area contributed by atoms with Crippen molar-refractivity contribution in [1.29, 1.82) is 0 Å². The molecule has 0 N–H and O–H groups in total. The molecular formula is C10H23N. The molecule has 0 amide bonds. The van der Waals surface area contributed by atoms with Crippen molar-refractivity contribution in [3.63, 3.8) is 0 Å². The molecule has 11 heavy (non-hydrogen) atoms. The summed E-state index contributed by atoms with van der Waals surface area (Å²) < 4.78 is 0. The molecule has 0 aliphatic carbocycles. The van der Waals surface area contributed by atoms with Crippen LogP contribution in [0.5, 0.6) is 0 Å². The first-order chi connectivity index (χ1) is 5.00. The lowest BCUT2D eigenvalue weighted by Crippen LogP contribution is -2.36. The van der Waals surface area contributed by atoms with E-state index in [4.69, 9.17) is 0 Å². The van der Waals surface area contributed by atoms with Gasteiger partial charge >= 0.3 is 0 Å². The first kappa shape index (κ1) is 11.0. The normalized spacial score (nSPS) is 17.5. The minimum Gasteiger partial charge on any atom is -0.304 e. The van der Waals surface area contributed by atoms with E-state index in [0.29, 0.717) is 6.04 Å². The van der Waals surface area contributed by atoms with Gasteiger partial charge in [-0.2, -0.15) is 0 Å². The van der Waals surface area contributed by atoms with Crippen LogP contribution in [0.2, 0.25) is 0 Å². The Hall–Kier alpha value is -0.0400. The average Bonchev–Trinajstić information content (AvgIpc) is 2.00. The zero-order valence-electron chi connectivity index (χ0n) is 8.89. The van der Waals surface area contributed by atoms with Gasteiger partial charge in [0.2, 0.25) is 0 Å². The molecule has 2 unspecified atom stereocenters. The lowest BCUT2D eigenvalue weighted by molar-refractivity contribution is 0.175. The molecule has 0 radical (unpaired) electrons. The summed E-state index contributed by atoms with van der Waals surface area (Å²) in [4.78, 5) is 2.41. The van der Waals surface area contributed by atoms with Crippen molar-refractivity contribution in [3.05, 3.63) is 0 Å². The van der Waals surface area contributed by atoms with E-state index in [1.807, 2.05) is 0 Å². The van der Waals surface area contributed by atoms with E-state index in [1.165, 1.54) is 0 Å². The first-order valence-corrected chi connectivity index (χ1v) is 4.70. The Balaban J connectivity index is 3.90. The quantitative estimate of drug-likeness (QED) is 0.606. The Bertz CT molecular complexity index is 99.0. The van der Waals surface area contributed by atoms with Gasteiger partial charge in [-0.25, -0.2) is 0 Å². The maximum Gasteiger partial charge on any atom is 0.00918 e. The summed E-state index contributed by atoms with van der Waals surface area (Å²) in [5, 5.41) is 0. The average molecular weight is 157 g/mol. The third kappa shape index (κ3) is 3.24. The second kappa shape index (κ2) is 4.76. The van der Waals surface area contributed by atoms with Crippen molar-refractivity contribution >= 4 is 0 Å². The van der Waals surface area contributed by atoms with Crippen molar-refractivity contribution in [3.8, 4) is 0 Å². The highest BCUT2D eigenvalue weighted by Crippen LogP contribution is 2.17. The van der Waals surface area contributed by atoms with Crippen molar-refractivity contribution in [2.75, 3.05) is 13.6 Å². The van der Waals surface area contributed by atoms with Crippen LogP contribution >= 0.6 is 0 Å². The smallest absolute Gasteiger partial charge is 0.00918 e. The molecule has 0 aliphatic heterocycles. The maximum absolute atomic E-state index is 2.41. The molecule has 0 bridgehead atoms. The minimum absolute atomic E-state index is 0.708. The van der Waals surface area contributed by atoms with E-state index in [-0.39, 0.29) is 0 Å². The van der Waals surface area contributed by atoms with Gasteiger partial charge in [0.25, 0.3) is 0 Å². The monoisotopic (exact) mass is 157 g/mol. The predicted octanol–water partition coefficient (Wildman–Crippen LogP) is 2.62. The molecule has 0 spiro atoms. The summed E-state index contributed by atoms with van der Waals surface area (Å²) >= 11 is 0. The van der Waals surface area contributed by atoms with Crippen LogP contribution in [0.1, 0.15) is 34.6 Å². The second-order valence-corrected chi connectivity index (χ2v) is 3.92. The number of nitrogens with zero attached hydrogens (tertiary/aromatic N) is 1. The standard InChI is InChI=1S/C10H23N/c1-7-11(6)10(5)9(4)8(2)3/h8-10H,7H2,1-6H3. The highest BCUT2D eigenvalue weighted by atomic mass is 15.1. The molecule has 0 heterocycles. The van der Waals surface area contributed by atoms with E-state index in [0.717, 1.165) is 18.4 Å². The molecule has 0 aromatic rings. The number of rotatable bonds is 4. The maximum atomic E-state index is 2.41. The molecule has 0 fully saturated rings. The van der Waals surface area contributed by atoms with Gasteiger partial charge in [-0.15, -0.1) is 0 Å². The molecule has 68 valence electrons. The molecule has 2 atom stereocenters. The van der Waals surface area contributed by atoms with E-state index in [1.54, 1.807) is 0 Å². The number of hydrogen-bond acceptors (Lipinski definition) is 1. The van der Waals surface area contributed by atoms with Crippen LogP contribution < -0.4 is 0 Å².